The van der Waals surface area contributed by atoms with Crippen molar-refractivity contribution in [3.63, 3.8) is 0 Å². The van der Waals surface area contributed by atoms with Crippen LogP contribution in [0.25, 0.3) is 83.1 Å². The molecule has 0 saturated carbocycles. The number of hydrogen-bond acceptors (Lipinski definition) is 2. The van der Waals surface area contributed by atoms with Crippen LogP contribution in [0.5, 0.6) is 0 Å². The van der Waals surface area contributed by atoms with Gasteiger partial charge in [0.15, 0.2) is 0 Å². The van der Waals surface area contributed by atoms with Crippen LogP contribution in [-0.2, 0) is 9.31 Å². The fourth-order valence-corrected chi connectivity index (χ4v) is 8.76. The standard InChI is InChI=1S/C54H44BNO2/c1-53(2)54(3,4)58-55(57-53)42-35-33-41(34-36-42)51-49(39-25-13-7-14-26-39)47(37-21-9-5-10-22-37)48(38-23-11-6-12-24-38)50(40-27-15-8-16-28-40)52(51)56-45-31-19-17-29-43(45)44-30-18-20-32-46(44)56/h5-36H,1-4H3. The van der Waals surface area contributed by atoms with Crippen molar-refractivity contribution >= 4 is 34.4 Å². The number of nitrogens with zero attached hydrogens (tertiary/aromatic N) is 1. The van der Waals surface area contributed by atoms with Crippen LogP contribution in [0.4, 0.5) is 0 Å². The number of rotatable bonds is 7. The molecule has 4 heteroatoms. The van der Waals surface area contributed by atoms with E-state index in [1.165, 1.54) is 33.0 Å². The Kier molecular flexibility index (Phi) is 8.78. The molecule has 0 N–H and O–H groups in total. The SMILES string of the molecule is CC1(C)OB(c2ccc(-c3c(-c4ccccc4)c(-c4ccccc4)c(-c4ccccc4)c(-c4ccccc4)c3-n3c4ccccc4c4ccccc43)cc2)OC1(C)C. The van der Waals surface area contributed by atoms with Crippen molar-refractivity contribution in [2.45, 2.75) is 38.9 Å². The van der Waals surface area contributed by atoms with Gasteiger partial charge >= 0.3 is 7.12 Å². The minimum Gasteiger partial charge on any atom is -0.399 e. The van der Waals surface area contributed by atoms with E-state index >= 15 is 0 Å². The number of aromatic nitrogens is 1. The summed E-state index contributed by atoms with van der Waals surface area (Å²) in [6.07, 6.45) is 0. The van der Waals surface area contributed by atoms with Gasteiger partial charge in [0.2, 0.25) is 0 Å². The third kappa shape index (κ3) is 5.91. The molecule has 0 radical (unpaired) electrons. The minimum absolute atomic E-state index is 0.442. The highest BCUT2D eigenvalue weighted by Gasteiger charge is 2.51. The first-order chi connectivity index (χ1) is 28.3. The first kappa shape index (κ1) is 35.9. The summed E-state index contributed by atoms with van der Waals surface area (Å²) in [6, 6.07) is 70.4. The van der Waals surface area contributed by atoms with E-state index in [-0.39, 0.29) is 0 Å². The highest BCUT2D eigenvalue weighted by Crippen LogP contribution is 2.55. The Balaban J connectivity index is 1.43. The molecule has 0 spiro atoms. The predicted molar refractivity (Wildman–Crippen MR) is 244 cm³/mol. The van der Waals surface area contributed by atoms with Gasteiger partial charge in [-0.25, -0.2) is 0 Å². The van der Waals surface area contributed by atoms with Gasteiger partial charge in [0.25, 0.3) is 0 Å². The van der Waals surface area contributed by atoms with Gasteiger partial charge in [-0.15, -0.1) is 0 Å². The predicted octanol–water partition coefficient (Wildman–Crippen LogP) is 13.4. The van der Waals surface area contributed by atoms with E-state index in [2.05, 4.69) is 226 Å². The van der Waals surface area contributed by atoms with Gasteiger partial charge in [-0.2, -0.15) is 0 Å². The number of benzene rings is 8. The molecule has 58 heavy (non-hydrogen) atoms. The van der Waals surface area contributed by atoms with Crippen molar-refractivity contribution in [3.8, 4) is 61.3 Å². The highest BCUT2D eigenvalue weighted by atomic mass is 16.7. The van der Waals surface area contributed by atoms with E-state index < -0.39 is 18.3 Å². The van der Waals surface area contributed by atoms with Crippen LogP contribution in [-0.4, -0.2) is 22.9 Å². The van der Waals surface area contributed by atoms with Crippen molar-refractivity contribution in [2.24, 2.45) is 0 Å². The molecule has 0 atom stereocenters. The average Bonchev–Trinajstić information content (AvgIpc) is 3.72. The van der Waals surface area contributed by atoms with Crippen molar-refractivity contribution in [1.29, 1.82) is 0 Å². The molecule has 0 unspecified atom stereocenters. The maximum absolute atomic E-state index is 6.56. The van der Waals surface area contributed by atoms with E-state index in [1.807, 2.05) is 0 Å². The molecule has 0 aliphatic carbocycles. The molecule has 0 amide bonds. The molecular formula is C54H44BNO2. The highest BCUT2D eigenvalue weighted by molar-refractivity contribution is 6.62. The lowest BCUT2D eigenvalue weighted by molar-refractivity contribution is 0.00578. The Bertz CT molecular complexity index is 2850. The second kappa shape index (κ2) is 14.2. The van der Waals surface area contributed by atoms with E-state index in [4.69, 9.17) is 9.31 Å². The molecule has 2 heterocycles. The van der Waals surface area contributed by atoms with Crippen LogP contribution in [0.15, 0.2) is 194 Å². The summed E-state index contributed by atoms with van der Waals surface area (Å²) in [5.41, 5.74) is 15.1. The van der Waals surface area contributed by atoms with Crippen molar-refractivity contribution < 1.29 is 9.31 Å². The van der Waals surface area contributed by atoms with Gasteiger partial charge in [-0.05, 0) is 78.7 Å². The van der Waals surface area contributed by atoms with E-state index in [1.54, 1.807) is 0 Å². The molecule has 280 valence electrons. The fourth-order valence-electron chi connectivity index (χ4n) is 8.76. The zero-order valence-corrected chi connectivity index (χ0v) is 33.3. The Morgan fingerprint density at radius 2 is 0.655 bits per heavy atom. The van der Waals surface area contributed by atoms with Crippen LogP contribution in [0.1, 0.15) is 27.7 Å². The third-order valence-electron chi connectivity index (χ3n) is 12.3. The van der Waals surface area contributed by atoms with Crippen molar-refractivity contribution in [3.05, 3.63) is 194 Å². The number of para-hydroxylation sites is 2. The topological polar surface area (TPSA) is 23.4 Å². The number of fused-ring (bicyclic) bond motifs is 3. The maximum Gasteiger partial charge on any atom is 0.494 e. The summed E-state index contributed by atoms with van der Waals surface area (Å²) in [5, 5.41) is 2.43. The summed E-state index contributed by atoms with van der Waals surface area (Å²) in [7, 11) is -0.468. The summed E-state index contributed by atoms with van der Waals surface area (Å²) in [6.45, 7) is 8.43. The van der Waals surface area contributed by atoms with E-state index in [0.717, 1.165) is 55.6 Å². The Morgan fingerprint density at radius 3 is 1.05 bits per heavy atom. The fraction of sp³-hybridized carbons (Fsp3) is 0.111. The molecule has 10 rings (SSSR count). The van der Waals surface area contributed by atoms with Gasteiger partial charge < -0.3 is 13.9 Å². The zero-order chi connectivity index (χ0) is 39.4. The number of hydrogen-bond donors (Lipinski definition) is 0. The molecule has 1 aromatic heterocycles. The van der Waals surface area contributed by atoms with Gasteiger partial charge in [0.05, 0.1) is 27.9 Å². The first-order valence-electron chi connectivity index (χ1n) is 20.2. The molecule has 1 fully saturated rings. The largest absolute Gasteiger partial charge is 0.494 e. The monoisotopic (exact) mass is 749 g/mol. The normalized spacial score (nSPS) is 14.7. The summed E-state index contributed by atoms with van der Waals surface area (Å²) in [5.74, 6) is 0. The van der Waals surface area contributed by atoms with Crippen molar-refractivity contribution in [2.75, 3.05) is 0 Å². The first-order valence-corrected chi connectivity index (χ1v) is 20.2. The summed E-state index contributed by atoms with van der Waals surface area (Å²) < 4.78 is 15.6. The van der Waals surface area contributed by atoms with E-state index in [0.29, 0.717) is 0 Å². The molecule has 1 aliphatic rings. The molecule has 1 saturated heterocycles. The van der Waals surface area contributed by atoms with Crippen LogP contribution in [0, 0.1) is 0 Å². The van der Waals surface area contributed by atoms with E-state index in [9.17, 15) is 0 Å². The summed E-state index contributed by atoms with van der Waals surface area (Å²) >= 11 is 0. The van der Waals surface area contributed by atoms with Crippen molar-refractivity contribution in [1.82, 2.24) is 4.57 Å². The average molecular weight is 750 g/mol. The Labute approximate surface area is 341 Å². The molecule has 1 aliphatic heterocycles. The Morgan fingerprint density at radius 1 is 0.345 bits per heavy atom. The third-order valence-corrected chi connectivity index (χ3v) is 12.3. The van der Waals surface area contributed by atoms with Gasteiger partial charge in [-0.1, -0.05) is 182 Å². The lowest BCUT2D eigenvalue weighted by atomic mass is 9.75. The van der Waals surface area contributed by atoms with Gasteiger partial charge in [0, 0.05) is 33.0 Å². The van der Waals surface area contributed by atoms with Gasteiger partial charge in [-0.3, -0.25) is 0 Å². The van der Waals surface area contributed by atoms with Gasteiger partial charge in [0.1, 0.15) is 0 Å². The van der Waals surface area contributed by atoms with Crippen LogP contribution in [0.2, 0.25) is 0 Å². The van der Waals surface area contributed by atoms with Crippen LogP contribution < -0.4 is 5.46 Å². The lowest BCUT2D eigenvalue weighted by Gasteiger charge is -2.32. The van der Waals surface area contributed by atoms with Crippen LogP contribution in [0.3, 0.4) is 0 Å². The summed E-state index contributed by atoms with van der Waals surface area (Å²) in [4.78, 5) is 0. The van der Waals surface area contributed by atoms with Crippen LogP contribution >= 0.6 is 0 Å². The Hall–Kier alpha value is -6.46. The second-order valence-corrected chi connectivity index (χ2v) is 16.3. The maximum atomic E-state index is 6.56. The molecule has 0 bridgehead atoms. The molecule has 8 aromatic carbocycles. The lowest BCUT2D eigenvalue weighted by Crippen LogP contribution is -2.41. The molecular weight excluding hydrogens is 705 g/mol. The zero-order valence-electron chi connectivity index (χ0n) is 33.3. The quantitative estimate of drug-likeness (QED) is 0.152. The smallest absolute Gasteiger partial charge is 0.399 e. The molecule has 9 aromatic rings. The minimum atomic E-state index is -0.468. The molecule has 3 nitrogen and oxygen atoms in total. The second-order valence-electron chi connectivity index (χ2n) is 16.3.